The molecule has 2 aromatic rings. The van der Waals surface area contributed by atoms with Gasteiger partial charge in [0.1, 0.15) is 8.07 Å². The van der Waals surface area contributed by atoms with E-state index in [1.54, 1.807) is 31.9 Å². The molecule has 4 rings (SSSR count). The molecule has 2 aliphatic rings. The summed E-state index contributed by atoms with van der Waals surface area (Å²) in [5.74, 6) is 0. The molecule has 0 aliphatic carbocycles. The van der Waals surface area contributed by atoms with E-state index in [1.807, 2.05) is 0 Å². The number of hydrogen-bond acceptors (Lipinski definition) is 0. The van der Waals surface area contributed by atoms with E-state index in [9.17, 15) is 0 Å². The third-order valence-corrected chi connectivity index (χ3v) is 27.8. The Kier molecular flexibility index (Phi) is 2.42. The van der Waals surface area contributed by atoms with Crippen LogP contribution in [0.1, 0.15) is 0 Å². The summed E-state index contributed by atoms with van der Waals surface area (Å²) in [6, 6.07) is 14.5. The van der Waals surface area contributed by atoms with Crippen molar-refractivity contribution in [3.8, 4) is 11.1 Å². The standard InChI is InChI=1S/C18H24Si3/c1-19(2)13-9-7-11-15-17(13)18-14(19)10-8-12-16(18)21(5,6)20(15,3)4/h7-12H,1-6H3. The molecule has 0 N–H and O–H groups in total. The highest BCUT2D eigenvalue weighted by atomic mass is 29.3. The summed E-state index contributed by atoms with van der Waals surface area (Å²) in [6.07, 6.45) is 0. The topological polar surface area (TPSA) is 0 Å². The Bertz CT molecular complexity index is 720. The van der Waals surface area contributed by atoms with Gasteiger partial charge < -0.3 is 0 Å². The molecule has 0 amide bonds. The van der Waals surface area contributed by atoms with Crippen molar-refractivity contribution in [3.05, 3.63) is 36.4 Å². The second-order valence-electron chi connectivity index (χ2n) is 8.33. The first-order valence-electron chi connectivity index (χ1n) is 7.99. The predicted octanol–water partition coefficient (Wildman–Crippen LogP) is 2.41. The summed E-state index contributed by atoms with van der Waals surface area (Å²) >= 11 is 0. The van der Waals surface area contributed by atoms with E-state index in [4.69, 9.17) is 0 Å². The Morgan fingerprint density at radius 2 is 0.857 bits per heavy atom. The molecule has 2 heterocycles. The van der Waals surface area contributed by atoms with E-state index in [2.05, 4.69) is 75.7 Å². The average molecular weight is 325 g/mol. The van der Waals surface area contributed by atoms with Gasteiger partial charge in [0, 0.05) is 0 Å². The lowest BCUT2D eigenvalue weighted by molar-refractivity contribution is 1.66. The van der Waals surface area contributed by atoms with E-state index < -0.39 is 23.3 Å². The second kappa shape index (κ2) is 3.70. The van der Waals surface area contributed by atoms with Gasteiger partial charge in [0.15, 0.2) is 0 Å². The fourth-order valence-electron chi connectivity index (χ4n) is 4.55. The molecule has 3 heteroatoms. The maximum atomic E-state index is 2.62. The van der Waals surface area contributed by atoms with E-state index in [1.165, 1.54) is 0 Å². The van der Waals surface area contributed by atoms with E-state index in [0.717, 1.165) is 0 Å². The quantitative estimate of drug-likeness (QED) is 0.653. The second-order valence-corrected chi connectivity index (χ2v) is 27.7. The SMILES string of the molecule is C[Si]1(C)c2cccc3c2-c2c1cccc2[Si](C)(C)[Si]3(C)C. The van der Waals surface area contributed by atoms with Gasteiger partial charge >= 0.3 is 0 Å². The van der Waals surface area contributed by atoms with Crippen molar-refractivity contribution in [2.24, 2.45) is 0 Å². The van der Waals surface area contributed by atoms with Crippen molar-refractivity contribution in [3.63, 3.8) is 0 Å². The number of benzene rings is 2. The summed E-state index contributed by atoms with van der Waals surface area (Å²) < 4.78 is 0. The summed E-state index contributed by atoms with van der Waals surface area (Å²) in [6.45, 7) is 15.6. The third-order valence-electron chi connectivity index (χ3n) is 6.63. The van der Waals surface area contributed by atoms with E-state index in [-0.39, 0.29) is 0 Å². The van der Waals surface area contributed by atoms with Crippen molar-refractivity contribution in [1.82, 2.24) is 0 Å². The van der Waals surface area contributed by atoms with Gasteiger partial charge in [-0.3, -0.25) is 0 Å². The minimum atomic E-state index is -1.48. The molecule has 0 atom stereocenters. The molecule has 21 heavy (non-hydrogen) atoms. The van der Waals surface area contributed by atoms with Crippen LogP contribution in [0, 0.1) is 0 Å². The van der Waals surface area contributed by atoms with Gasteiger partial charge in [-0.1, -0.05) is 86.1 Å². The molecular weight excluding hydrogens is 300 g/mol. The van der Waals surface area contributed by atoms with Gasteiger partial charge in [-0.15, -0.1) is 0 Å². The van der Waals surface area contributed by atoms with Gasteiger partial charge in [0.2, 0.25) is 0 Å². The van der Waals surface area contributed by atoms with Crippen molar-refractivity contribution in [1.29, 1.82) is 0 Å². The van der Waals surface area contributed by atoms with Gasteiger partial charge in [0.05, 0.1) is 15.2 Å². The monoisotopic (exact) mass is 324 g/mol. The first kappa shape index (κ1) is 13.7. The molecule has 0 saturated heterocycles. The normalized spacial score (nSPS) is 22.0. The smallest absolute Gasteiger partial charge is 0.0671 e. The Morgan fingerprint density at radius 3 is 1.24 bits per heavy atom. The zero-order valence-corrected chi connectivity index (χ0v) is 17.0. The largest absolute Gasteiger partial charge is 0.113 e. The minimum Gasteiger partial charge on any atom is -0.0671 e. The van der Waals surface area contributed by atoms with Gasteiger partial charge in [-0.05, 0) is 21.5 Å². The van der Waals surface area contributed by atoms with Crippen molar-refractivity contribution in [2.75, 3.05) is 0 Å². The van der Waals surface area contributed by atoms with Crippen LogP contribution >= 0.6 is 0 Å². The summed E-state index contributed by atoms with van der Waals surface area (Å²) in [5, 5.41) is 6.92. The van der Waals surface area contributed by atoms with Gasteiger partial charge in [-0.2, -0.15) is 0 Å². The first-order valence-corrected chi connectivity index (χ1v) is 18.0. The minimum absolute atomic E-state index is 1.39. The number of hydrogen-bond donors (Lipinski definition) is 0. The molecule has 108 valence electrons. The fourth-order valence-corrected chi connectivity index (χ4v) is 17.3. The van der Waals surface area contributed by atoms with Crippen LogP contribution < -0.4 is 20.7 Å². The summed E-state index contributed by atoms with van der Waals surface area (Å²) in [7, 11) is -4.26. The van der Waals surface area contributed by atoms with Crippen molar-refractivity contribution < 1.29 is 0 Å². The summed E-state index contributed by atoms with van der Waals surface area (Å²) in [5.41, 5.74) is 3.37. The third kappa shape index (κ3) is 1.36. The number of rotatable bonds is 0. The highest BCUT2D eigenvalue weighted by Gasteiger charge is 2.53. The maximum Gasteiger partial charge on any atom is 0.113 e. The molecule has 0 spiro atoms. The molecular formula is C18H24Si3. The Hall–Kier alpha value is -0.909. The lowest BCUT2D eigenvalue weighted by Gasteiger charge is -2.45. The molecule has 0 unspecified atom stereocenters. The lowest BCUT2D eigenvalue weighted by atomic mass is 10.1. The van der Waals surface area contributed by atoms with E-state index >= 15 is 0 Å². The maximum absolute atomic E-state index is 2.62. The summed E-state index contributed by atoms with van der Waals surface area (Å²) in [4.78, 5) is 0. The van der Waals surface area contributed by atoms with Crippen molar-refractivity contribution >= 4 is 44.0 Å². The predicted molar refractivity (Wildman–Crippen MR) is 103 cm³/mol. The van der Waals surface area contributed by atoms with E-state index in [0.29, 0.717) is 0 Å². The van der Waals surface area contributed by atoms with Crippen LogP contribution in [0.3, 0.4) is 0 Å². The highest BCUT2D eigenvalue weighted by Crippen LogP contribution is 2.35. The zero-order valence-electron chi connectivity index (χ0n) is 14.0. The zero-order chi connectivity index (χ0) is 15.2. The van der Waals surface area contributed by atoms with Crippen LogP contribution in [0.5, 0.6) is 0 Å². The Balaban J connectivity index is 2.27. The molecule has 0 radical (unpaired) electrons. The van der Waals surface area contributed by atoms with Crippen molar-refractivity contribution in [2.45, 2.75) is 39.3 Å². The van der Waals surface area contributed by atoms with Crippen LogP contribution in [0.4, 0.5) is 0 Å². The molecule has 2 aromatic carbocycles. The molecule has 0 bridgehead atoms. The lowest BCUT2D eigenvalue weighted by Crippen LogP contribution is -2.72. The van der Waals surface area contributed by atoms with Crippen LogP contribution in [0.15, 0.2) is 36.4 Å². The Morgan fingerprint density at radius 1 is 0.524 bits per heavy atom. The molecule has 2 aliphatic heterocycles. The molecule has 0 aromatic heterocycles. The van der Waals surface area contributed by atoms with Gasteiger partial charge in [-0.25, -0.2) is 0 Å². The first-order chi connectivity index (χ1) is 9.70. The van der Waals surface area contributed by atoms with Crippen LogP contribution in [-0.4, -0.2) is 23.3 Å². The average Bonchev–Trinajstić information content (AvgIpc) is 2.66. The molecule has 0 saturated carbocycles. The van der Waals surface area contributed by atoms with Gasteiger partial charge in [0.25, 0.3) is 0 Å². The van der Waals surface area contributed by atoms with Crippen LogP contribution in [0.2, 0.25) is 39.3 Å². The fraction of sp³-hybridized carbons (Fsp3) is 0.333. The molecule has 0 fully saturated rings. The highest BCUT2D eigenvalue weighted by molar-refractivity contribution is 7.51. The van der Waals surface area contributed by atoms with Crippen LogP contribution in [-0.2, 0) is 0 Å². The van der Waals surface area contributed by atoms with Crippen LogP contribution in [0.25, 0.3) is 11.1 Å². The molecule has 0 nitrogen and oxygen atoms in total. The Labute approximate surface area is 131 Å².